The standard InChI is InChI=1S/C12H10FNO/c1-14-6-5-10(8-14)12(15)9-3-2-4-11(13)7-9/h2-8H,1H3. The van der Waals surface area contributed by atoms with Gasteiger partial charge in [-0.3, -0.25) is 4.79 Å². The van der Waals surface area contributed by atoms with Gasteiger partial charge in [0.1, 0.15) is 5.82 Å². The predicted octanol–water partition coefficient (Wildman–Crippen LogP) is 2.40. The predicted molar refractivity (Wildman–Crippen MR) is 55.2 cm³/mol. The molecule has 15 heavy (non-hydrogen) atoms. The van der Waals surface area contributed by atoms with E-state index < -0.39 is 5.82 Å². The van der Waals surface area contributed by atoms with E-state index >= 15 is 0 Å². The van der Waals surface area contributed by atoms with Gasteiger partial charge in [-0.1, -0.05) is 12.1 Å². The average molecular weight is 203 g/mol. The number of carbonyl (C=O) groups excluding carboxylic acids is 1. The van der Waals surface area contributed by atoms with Crippen LogP contribution in [0.4, 0.5) is 4.39 Å². The number of ketones is 1. The van der Waals surface area contributed by atoms with Crippen molar-refractivity contribution in [3.63, 3.8) is 0 Å². The highest BCUT2D eigenvalue weighted by Gasteiger charge is 2.10. The molecule has 2 aromatic rings. The van der Waals surface area contributed by atoms with Crippen LogP contribution in [0.1, 0.15) is 15.9 Å². The first-order valence-corrected chi connectivity index (χ1v) is 4.59. The molecule has 3 heteroatoms. The lowest BCUT2D eigenvalue weighted by atomic mass is 10.1. The van der Waals surface area contributed by atoms with Gasteiger partial charge in [0.15, 0.2) is 5.78 Å². The molecular weight excluding hydrogens is 193 g/mol. The van der Waals surface area contributed by atoms with Crippen LogP contribution in [0.25, 0.3) is 0 Å². The van der Waals surface area contributed by atoms with Crippen LogP contribution in [-0.2, 0) is 7.05 Å². The largest absolute Gasteiger partial charge is 0.357 e. The normalized spacial score (nSPS) is 10.3. The third-order valence-electron chi connectivity index (χ3n) is 2.18. The van der Waals surface area contributed by atoms with Crippen molar-refractivity contribution in [2.24, 2.45) is 7.05 Å². The lowest BCUT2D eigenvalue weighted by molar-refractivity contribution is 0.103. The van der Waals surface area contributed by atoms with Gasteiger partial charge >= 0.3 is 0 Å². The minimum Gasteiger partial charge on any atom is -0.357 e. The topological polar surface area (TPSA) is 22.0 Å². The summed E-state index contributed by atoms with van der Waals surface area (Å²) in [7, 11) is 1.84. The molecule has 1 aromatic heterocycles. The highest BCUT2D eigenvalue weighted by molar-refractivity contribution is 6.08. The number of aryl methyl sites for hydroxylation is 1. The summed E-state index contributed by atoms with van der Waals surface area (Å²) in [5, 5.41) is 0. The monoisotopic (exact) mass is 203 g/mol. The van der Waals surface area contributed by atoms with Gasteiger partial charge in [-0.2, -0.15) is 0 Å². The molecule has 76 valence electrons. The summed E-state index contributed by atoms with van der Waals surface area (Å²) in [6, 6.07) is 7.42. The van der Waals surface area contributed by atoms with E-state index in [-0.39, 0.29) is 5.78 Å². The molecule has 0 radical (unpaired) electrons. The molecule has 0 saturated heterocycles. The molecule has 2 nitrogen and oxygen atoms in total. The minimum atomic E-state index is -0.392. The Morgan fingerprint density at radius 2 is 2.07 bits per heavy atom. The summed E-state index contributed by atoms with van der Waals surface area (Å²) >= 11 is 0. The maximum absolute atomic E-state index is 12.9. The van der Waals surface area contributed by atoms with Crippen LogP contribution in [0.3, 0.4) is 0 Å². The van der Waals surface area contributed by atoms with Crippen LogP contribution in [-0.4, -0.2) is 10.4 Å². The second kappa shape index (κ2) is 3.69. The molecule has 2 rings (SSSR count). The molecular formula is C12H10FNO. The quantitative estimate of drug-likeness (QED) is 0.687. The van der Waals surface area contributed by atoms with Crippen molar-refractivity contribution >= 4 is 5.78 Å². The van der Waals surface area contributed by atoms with Gasteiger partial charge in [0, 0.05) is 30.6 Å². The molecule has 0 aliphatic heterocycles. The number of benzene rings is 1. The Morgan fingerprint density at radius 1 is 1.27 bits per heavy atom. The summed E-state index contributed by atoms with van der Waals surface area (Å²) in [5.41, 5.74) is 0.948. The van der Waals surface area contributed by atoms with Crippen LogP contribution in [0, 0.1) is 5.82 Å². The Morgan fingerprint density at radius 3 is 2.67 bits per heavy atom. The van der Waals surface area contributed by atoms with E-state index in [1.807, 2.05) is 7.05 Å². The second-order valence-electron chi connectivity index (χ2n) is 3.41. The second-order valence-corrected chi connectivity index (χ2v) is 3.41. The van der Waals surface area contributed by atoms with Crippen LogP contribution in [0.15, 0.2) is 42.7 Å². The van der Waals surface area contributed by atoms with E-state index in [1.54, 1.807) is 29.1 Å². The van der Waals surface area contributed by atoms with Crippen molar-refractivity contribution in [2.75, 3.05) is 0 Å². The summed E-state index contributed by atoms with van der Waals surface area (Å²) in [6.07, 6.45) is 3.50. The highest BCUT2D eigenvalue weighted by atomic mass is 19.1. The maximum Gasteiger partial charge on any atom is 0.194 e. The number of aromatic nitrogens is 1. The molecule has 0 aliphatic rings. The van der Waals surface area contributed by atoms with Crippen LogP contribution >= 0.6 is 0 Å². The fraction of sp³-hybridized carbons (Fsp3) is 0.0833. The van der Waals surface area contributed by atoms with E-state index in [9.17, 15) is 9.18 Å². The van der Waals surface area contributed by atoms with Gasteiger partial charge in [0.2, 0.25) is 0 Å². The Labute approximate surface area is 87.0 Å². The Hall–Kier alpha value is -1.90. The zero-order valence-corrected chi connectivity index (χ0v) is 8.27. The molecule has 1 aromatic carbocycles. The van der Waals surface area contributed by atoms with Gasteiger partial charge in [-0.05, 0) is 18.2 Å². The minimum absolute atomic E-state index is 0.157. The first-order chi connectivity index (χ1) is 7.16. The van der Waals surface area contributed by atoms with Gasteiger partial charge < -0.3 is 4.57 Å². The Balaban J connectivity index is 2.36. The third-order valence-corrected chi connectivity index (χ3v) is 2.18. The number of halogens is 1. The molecule has 0 N–H and O–H groups in total. The highest BCUT2D eigenvalue weighted by Crippen LogP contribution is 2.11. The van der Waals surface area contributed by atoms with Crippen molar-refractivity contribution in [1.29, 1.82) is 0 Å². The maximum atomic E-state index is 12.9. The van der Waals surface area contributed by atoms with E-state index in [0.717, 1.165) is 0 Å². The van der Waals surface area contributed by atoms with Crippen molar-refractivity contribution in [1.82, 2.24) is 4.57 Å². The van der Waals surface area contributed by atoms with Crippen LogP contribution < -0.4 is 0 Å². The van der Waals surface area contributed by atoms with Crippen LogP contribution in [0.2, 0.25) is 0 Å². The molecule has 0 fully saturated rings. The SMILES string of the molecule is Cn1ccc(C(=O)c2cccc(F)c2)c1. The fourth-order valence-electron chi connectivity index (χ4n) is 1.43. The molecule has 0 unspecified atom stereocenters. The number of nitrogens with zero attached hydrogens (tertiary/aromatic N) is 1. The molecule has 1 heterocycles. The molecule has 0 spiro atoms. The van der Waals surface area contributed by atoms with Gasteiger partial charge in [-0.25, -0.2) is 4.39 Å². The summed E-state index contributed by atoms with van der Waals surface area (Å²) < 4.78 is 14.7. The molecule has 0 saturated carbocycles. The van der Waals surface area contributed by atoms with Crippen molar-refractivity contribution in [2.45, 2.75) is 0 Å². The zero-order valence-electron chi connectivity index (χ0n) is 8.27. The lowest BCUT2D eigenvalue weighted by Crippen LogP contribution is -2.00. The van der Waals surface area contributed by atoms with Gasteiger partial charge in [0.25, 0.3) is 0 Å². The summed E-state index contributed by atoms with van der Waals surface area (Å²) in [6.45, 7) is 0. The molecule has 0 amide bonds. The lowest BCUT2D eigenvalue weighted by Gasteiger charge is -1.97. The van der Waals surface area contributed by atoms with Crippen LogP contribution in [0.5, 0.6) is 0 Å². The number of rotatable bonds is 2. The third kappa shape index (κ3) is 1.96. The van der Waals surface area contributed by atoms with Crippen molar-refractivity contribution in [3.05, 3.63) is 59.7 Å². The van der Waals surface area contributed by atoms with E-state index in [2.05, 4.69) is 0 Å². The number of hydrogen-bond acceptors (Lipinski definition) is 1. The first-order valence-electron chi connectivity index (χ1n) is 4.59. The molecule has 0 bridgehead atoms. The zero-order chi connectivity index (χ0) is 10.8. The average Bonchev–Trinajstić information content (AvgIpc) is 2.64. The summed E-state index contributed by atoms with van der Waals surface area (Å²) in [5.74, 6) is -0.549. The van der Waals surface area contributed by atoms with Gasteiger partial charge in [0.05, 0.1) is 0 Å². The first kappa shape index (κ1) is 9.65. The fourth-order valence-corrected chi connectivity index (χ4v) is 1.43. The van der Waals surface area contributed by atoms with Crippen molar-refractivity contribution < 1.29 is 9.18 Å². The Bertz CT molecular complexity index is 502. The summed E-state index contributed by atoms with van der Waals surface area (Å²) in [4.78, 5) is 11.8. The number of carbonyl (C=O) groups is 1. The number of hydrogen-bond donors (Lipinski definition) is 0. The van der Waals surface area contributed by atoms with E-state index in [1.165, 1.54) is 18.2 Å². The Kier molecular flexibility index (Phi) is 2.37. The smallest absolute Gasteiger partial charge is 0.194 e. The molecule has 0 atom stereocenters. The van der Waals surface area contributed by atoms with Crippen molar-refractivity contribution in [3.8, 4) is 0 Å². The van der Waals surface area contributed by atoms with E-state index in [0.29, 0.717) is 11.1 Å². The molecule has 0 aliphatic carbocycles. The van der Waals surface area contributed by atoms with E-state index in [4.69, 9.17) is 0 Å². The van der Waals surface area contributed by atoms with Gasteiger partial charge in [-0.15, -0.1) is 0 Å².